The number of rotatable bonds is 12. The van der Waals surface area contributed by atoms with Gasteiger partial charge in [-0.2, -0.15) is 26.3 Å². The van der Waals surface area contributed by atoms with Crippen LogP contribution in [0.3, 0.4) is 0 Å². The van der Waals surface area contributed by atoms with E-state index in [4.69, 9.17) is 66.3 Å². The zero-order valence-electron chi connectivity index (χ0n) is 36.0. The van der Waals surface area contributed by atoms with Crippen molar-refractivity contribution in [1.29, 1.82) is 0 Å². The van der Waals surface area contributed by atoms with Gasteiger partial charge in [0, 0.05) is 148 Å². The molecule has 0 bridgehead atoms. The molecule has 3 aromatic carbocycles. The summed E-state index contributed by atoms with van der Waals surface area (Å²) in [4.78, 5) is 25.2. The van der Waals surface area contributed by atoms with Gasteiger partial charge in [-0.15, -0.1) is 0 Å². The Hall–Kier alpha value is -3.95. The molecule has 2 atom stereocenters. The van der Waals surface area contributed by atoms with Crippen LogP contribution in [0.5, 0.6) is 0 Å². The van der Waals surface area contributed by atoms with E-state index in [1.54, 1.807) is 50.5 Å². The molecule has 0 spiro atoms. The molecule has 3 aromatic heterocycles. The summed E-state index contributed by atoms with van der Waals surface area (Å²) >= 11 is 0. The van der Waals surface area contributed by atoms with Crippen molar-refractivity contribution in [3.05, 3.63) is 120 Å². The van der Waals surface area contributed by atoms with Gasteiger partial charge in [0.15, 0.2) is 20.5 Å². The van der Waals surface area contributed by atoms with E-state index < -0.39 is 71.2 Å². The molecule has 8 nitrogen and oxygen atoms in total. The number of aromatic amines is 3. The van der Waals surface area contributed by atoms with E-state index in [2.05, 4.69) is 19.9 Å². The Labute approximate surface area is 396 Å². The third-order valence-corrected chi connectivity index (χ3v) is 11.2. The fraction of sp³-hybridized carbons (Fsp3) is 0.297. The van der Waals surface area contributed by atoms with Gasteiger partial charge in [0.05, 0.1) is 18.6 Å². The van der Waals surface area contributed by atoms with E-state index in [9.17, 15) is 36.2 Å². The molecule has 0 amide bonds. The third kappa shape index (κ3) is 16.1. The number of anilines is 1. The summed E-state index contributed by atoms with van der Waals surface area (Å²) in [6.45, 7) is 6.54. The summed E-state index contributed by atoms with van der Waals surface area (Å²) in [5, 5.41) is 11.4. The summed E-state index contributed by atoms with van der Waals surface area (Å²) in [6.07, 6.45) is -8.98. The van der Waals surface area contributed by atoms with Crippen molar-refractivity contribution in [3.8, 4) is 0 Å². The summed E-state index contributed by atoms with van der Waals surface area (Å²) in [5.74, 6) is 0. The molecular formula is C37H41B14F6N5O3Si. The lowest BCUT2D eigenvalue weighted by Crippen LogP contribution is -2.72. The highest BCUT2D eigenvalue weighted by Gasteiger charge is 2.44. The average Bonchev–Trinajstić information content (AvgIpc) is 4.06. The fourth-order valence-electron chi connectivity index (χ4n) is 7.15. The minimum absolute atomic E-state index is 0. The van der Waals surface area contributed by atoms with Crippen LogP contribution >= 0.6 is 0 Å². The quantitative estimate of drug-likeness (QED) is 0.0825. The zero-order valence-corrected chi connectivity index (χ0v) is 37.0. The van der Waals surface area contributed by atoms with Crippen LogP contribution in [0.25, 0.3) is 21.8 Å². The smallest absolute Gasteiger partial charge is 0.403 e. The number of alkyl halides is 6. The highest BCUT2D eigenvalue weighted by atomic mass is 28.4. The molecule has 4 N–H and O–H groups in total. The van der Waals surface area contributed by atoms with Crippen molar-refractivity contribution in [1.82, 2.24) is 19.9 Å². The van der Waals surface area contributed by atoms with Crippen LogP contribution < -0.4 is 4.90 Å². The fourth-order valence-corrected chi connectivity index (χ4v) is 8.12. The summed E-state index contributed by atoms with van der Waals surface area (Å²) < 4.78 is 82.6. The minimum atomic E-state index is -4.65. The lowest BCUT2D eigenvalue weighted by atomic mass is 8.47. The molecule has 0 saturated carbocycles. The first-order valence-electron chi connectivity index (χ1n) is 20.3. The molecule has 6 aromatic rings. The van der Waals surface area contributed by atoms with Crippen LogP contribution in [0, 0.1) is 0 Å². The Morgan fingerprint density at radius 1 is 0.758 bits per heavy atom. The molecule has 2 unspecified atom stereocenters. The van der Waals surface area contributed by atoms with E-state index in [0.717, 1.165) is 52.5 Å². The molecule has 1 aliphatic rings. The number of nitrogens with one attached hydrogen (secondary N) is 3. The first kappa shape index (κ1) is 56.4. The number of nitrogens with zero attached hydrogens (tertiary/aromatic N) is 2. The van der Waals surface area contributed by atoms with Gasteiger partial charge < -0.3 is 29.4 Å². The zero-order chi connectivity index (χ0) is 48.4. The van der Waals surface area contributed by atoms with Crippen LogP contribution in [0.15, 0.2) is 91.6 Å². The standard InChI is InChI=1S/C14H14F3N3O.C13H16F3NOSi.C9H7NO.CH4.B14/c15-14(16,17)13(21)10-2-1-9-3-4-20(12(9)5-10)7-11-6-18-8-19-11;1-19(2,3)18-12(13(14,15)16)10-5-4-9-6-7-17-11(9)8-10;11-6-7-1-2-8-3-4-10-9(8)5-7;;1-9(2)13(10(3)4)14(11(5)6)12(7)8/h1-2,5-6,8,13,21H,3-4,7H2,(H,18,19);4-8,12,17H,1-3H3;1-6,10H;1H4;. The van der Waals surface area contributed by atoms with E-state index in [-0.39, 0.29) is 18.6 Å². The number of H-pyrrole nitrogens is 3. The van der Waals surface area contributed by atoms with Crippen molar-refractivity contribution < 1.29 is 40.7 Å². The van der Waals surface area contributed by atoms with Crippen LogP contribution in [0.2, 0.25) is 19.6 Å². The van der Waals surface area contributed by atoms with Crippen LogP contribution in [-0.4, -0.2) is 159 Å². The predicted molar refractivity (Wildman–Crippen MR) is 273 cm³/mol. The van der Waals surface area contributed by atoms with E-state index >= 15 is 0 Å². The van der Waals surface area contributed by atoms with Gasteiger partial charge in [-0.05, 0) is 83.9 Å². The third-order valence-electron chi connectivity index (χ3n) is 10.2. The molecule has 1 aliphatic heterocycles. The highest BCUT2D eigenvalue weighted by Crippen LogP contribution is 2.39. The maximum Gasteiger partial charge on any atom is 0.418 e. The van der Waals surface area contributed by atoms with Crippen molar-refractivity contribution >= 4 is 142 Å². The molecule has 0 aliphatic carbocycles. The van der Waals surface area contributed by atoms with E-state index in [1.165, 1.54) is 24.3 Å². The minimum Gasteiger partial charge on any atom is -0.403 e. The van der Waals surface area contributed by atoms with Crippen LogP contribution in [0.1, 0.15) is 52.4 Å². The average molecular weight is 897 g/mol. The van der Waals surface area contributed by atoms with E-state index in [0.29, 0.717) is 17.6 Å². The number of carbonyl (C=O) groups is 1. The Morgan fingerprint density at radius 3 is 1.76 bits per heavy atom. The lowest BCUT2D eigenvalue weighted by Gasteiger charge is -2.34. The first-order chi connectivity index (χ1) is 30.3. The number of aliphatic hydroxyl groups is 1. The van der Waals surface area contributed by atoms with Crippen molar-refractivity contribution in [3.63, 3.8) is 0 Å². The van der Waals surface area contributed by atoms with Gasteiger partial charge in [-0.3, -0.25) is 4.79 Å². The number of aldehydes is 1. The number of fused-ring (bicyclic) bond motifs is 3. The molecule has 7 rings (SSSR count). The summed E-state index contributed by atoms with van der Waals surface area (Å²) in [5.41, 5.74) is 5.05. The number of aromatic nitrogens is 4. The summed E-state index contributed by atoms with van der Waals surface area (Å²) in [7, 11) is 41.8. The maximum absolute atomic E-state index is 13.1. The van der Waals surface area contributed by atoms with Crippen LogP contribution in [0.4, 0.5) is 32.0 Å². The molecule has 0 saturated heterocycles. The van der Waals surface area contributed by atoms with Crippen molar-refractivity contribution in [2.24, 2.45) is 0 Å². The van der Waals surface area contributed by atoms with Crippen molar-refractivity contribution in [2.75, 3.05) is 11.4 Å². The second-order valence-electron chi connectivity index (χ2n) is 16.5. The monoisotopic (exact) mass is 899 g/mol. The van der Waals surface area contributed by atoms with E-state index in [1.807, 2.05) is 41.4 Å². The van der Waals surface area contributed by atoms with Gasteiger partial charge in [0.25, 0.3) is 0 Å². The summed E-state index contributed by atoms with van der Waals surface area (Å²) in [6, 6.07) is 18.5. The van der Waals surface area contributed by atoms with Gasteiger partial charge in [0.2, 0.25) is 0 Å². The molecule has 29 heteroatoms. The number of halogens is 6. The van der Waals surface area contributed by atoms with Gasteiger partial charge >= 0.3 is 12.4 Å². The van der Waals surface area contributed by atoms with Gasteiger partial charge in [0.1, 0.15) is 6.29 Å². The second kappa shape index (κ2) is 24.4. The normalized spacial score (nSPS) is 13.0. The molecule has 320 valence electrons. The van der Waals surface area contributed by atoms with Crippen molar-refractivity contribution in [2.45, 2.75) is 64.6 Å². The highest BCUT2D eigenvalue weighted by molar-refractivity contribution is 8.10. The lowest BCUT2D eigenvalue weighted by molar-refractivity contribution is -0.206. The number of hydrogen-bond donors (Lipinski definition) is 4. The second-order valence-corrected chi connectivity index (χ2v) is 20.9. The van der Waals surface area contributed by atoms with Gasteiger partial charge in [-0.25, -0.2) is 4.98 Å². The molecular weight excluding hydrogens is 856 g/mol. The molecule has 66 heavy (non-hydrogen) atoms. The molecule has 0 fully saturated rings. The number of aliphatic hydroxyl groups excluding tert-OH is 1. The van der Waals surface area contributed by atoms with Crippen LogP contribution in [-0.2, 0) is 17.4 Å². The largest absolute Gasteiger partial charge is 0.418 e. The number of hydrogen-bond acceptors (Lipinski definition) is 5. The van der Waals surface area contributed by atoms with Gasteiger partial charge in [-0.1, -0.05) is 43.8 Å². The Balaban J connectivity index is 0.000000239. The Morgan fingerprint density at radius 2 is 1.29 bits per heavy atom. The maximum atomic E-state index is 13.1. The topological polar surface area (TPSA) is 110 Å². The Kier molecular flexibility index (Phi) is 20.8. The number of imidazole rings is 1. The SMILES string of the molecule is C.C[Si](C)(C)OC(c1ccc2cc[nH]c2c1)C(F)(F)F.O=Cc1ccc2cc[nH]c2c1.OC(c1ccc2c(c1)N(Cc1cnc[nH]1)CC2)C(F)(F)F.[B]B([B])B(B([B])[B])B(B([B])[B])B([B])[B]. The molecule has 16 radical (unpaired) electrons. The number of carbonyl (C=O) groups excluding carboxylic acids is 1. The molecule has 4 heterocycles. The Bertz CT molecular complexity index is 2370. The predicted octanol–water partition coefficient (Wildman–Crippen LogP) is 4.48. The number of benzene rings is 3. The first-order valence-corrected chi connectivity index (χ1v) is 23.7.